The first-order valence-corrected chi connectivity index (χ1v) is 5.57. The average molecular weight is 230 g/mol. The van der Waals surface area contributed by atoms with Gasteiger partial charge in [0.2, 0.25) is 5.91 Å². The van der Waals surface area contributed by atoms with Gasteiger partial charge in [-0.3, -0.25) is 4.79 Å². The molecule has 2 unspecified atom stereocenters. The average Bonchev–Trinajstić information content (AvgIpc) is 2.30. The second-order valence-electron chi connectivity index (χ2n) is 4.35. The van der Waals surface area contributed by atoms with Gasteiger partial charge in [-0.25, -0.2) is 0 Å². The Bertz CT molecular complexity index is 418. The number of terminal acetylenes is 1. The van der Waals surface area contributed by atoms with Crippen molar-refractivity contribution in [3.8, 4) is 12.3 Å². The quantitative estimate of drug-likeness (QED) is 0.768. The van der Waals surface area contributed by atoms with E-state index in [4.69, 9.17) is 12.2 Å². The van der Waals surface area contributed by atoms with E-state index in [0.29, 0.717) is 6.42 Å². The fraction of sp³-hybridized carbons (Fsp3) is 0.357. The van der Waals surface area contributed by atoms with Crippen LogP contribution in [0.25, 0.3) is 0 Å². The molecule has 1 aromatic carbocycles. The Morgan fingerprint density at radius 1 is 1.53 bits per heavy atom. The third-order valence-corrected chi connectivity index (χ3v) is 2.65. The van der Waals surface area contributed by atoms with Crippen molar-refractivity contribution in [2.75, 3.05) is 0 Å². The molecule has 0 saturated carbocycles. The van der Waals surface area contributed by atoms with Gasteiger partial charge in [-0.15, -0.1) is 12.3 Å². The summed E-state index contributed by atoms with van der Waals surface area (Å²) in [6.45, 7) is 3.55. The molecule has 0 heterocycles. The van der Waals surface area contributed by atoms with Crippen LogP contribution >= 0.6 is 0 Å². The third kappa shape index (κ3) is 3.33. The summed E-state index contributed by atoms with van der Waals surface area (Å²) >= 11 is 0. The fourth-order valence-corrected chi connectivity index (χ4v) is 1.52. The van der Waals surface area contributed by atoms with Crippen LogP contribution in [0.4, 0.5) is 0 Å². The van der Waals surface area contributed by atoms with Gasteiger partial charge in [-0.2, -0.15) is 0 Å². The van der Waals surface area contributed by atoms with Gasteiger partial charge in [0.25, 0.3) is 0 Å². The topological polar surface area (TPSA) is 55.1 Å². The van der Waals surface area contributed by atoms with Crippen LogP contribution in [0.2, 0.25) is 0 Å². The van der Waals surface area contributed by atoms with Crippen LogP contribution < -0.4 is 11.1 Å². The molecular weight excluding hydrogens is 212 g/mol. The number of hydrogen-bond donors (Lipinski definition) is 2. The van der Waals surface area contributed by atoms with Crippen LogP contribution in [0.15, 0.2) is 30.3 Å². The van der Waals surface area contributed by atoms with E-state index < -0.39 is 5.54 Å². The second kappa shape index (κ2) is 5.51. The zero-order valence-corrected chi connectivity index (χ0v) is 10.2. The highest BCUT2D eigenvalue weighted by atomic mass is 16.2. The van der Waals surface area contributed by atoms with Crippen molar-refractivity contribution in [1.29, 1.82) is 0 Å². The molecule has 0 bridgehead atoms. The first-order chi connectivity index (χ1) is 7.98. The van der Waals surface area contributed by atoms with Crippen molar-refractivity contribution >= 4 is 5.91 Å². The van der Waals surface area contributed by atoms with Gasteiger partial charge in [0.15, 0.2) is 0 Å². The Labute approximate surface area is 102 Å². The molecule has 0 aliphatic heterocycles. The van der Waals surface area contributed by atoms with Crippen LogP contribution in [-0.2, 0) is 10.3 Å². The van der Waals surface area contributed by atoms with E-state index in [2.05, 4.69) is 11.2 Å². The second-order valence-corrected chi connectivity index (χ2v) is 4.35. The minimum Gasteiger partial charge on any atom is -0.351 e. The molecule has 0 aliphatic rings. The summed E-state index contributed by atoms with van der Waals surface area (Å²) in [5.41, 5.74) is 5.81. The van der Waals surface area contributed by atoms with E-state index in [0.717, 1.165) is 5.56 Å². The summed E-state index contributed by atoms with van der Waals surface area (Å²) in [6, 6.07) is 9.21. The summed E-state index contributed by atoms with van der Waals surface area (Å²) < 4.78 is 0. The Balaban J connectivity index is 2.78. The van der Waals surface area contributed by atoms with Crippen LogP contribution in [0.5, 0.6) is 0 Å². The van der Waals surface area contributed by atoms with Gasteiger partial charge >= 0.3 is 0 Å². The van der Waals surface area contributed by atoms with Gasteiger partial charge in [-0.1, -0.05) is 30.3 Å². The van der Waals surface area contributed by atoms with Crippen molar-refractivity contribution in [1.82, 2.24) is 5.32 Å². The van der Waals surface area contributed by atoms with Crippen LogP contribution in [0, 0.1) is 12.3 Å². The molecule has 3 N–H and O–H groups in total. The number of nitrogens with two attached hydrogens (primary N) is 1. The van der Waals surface area contributed by atoms with E-state index >= 15 is 0 Å². The smallest absolute Gasteiger partial charge is 0.244 e. The first-order valence-electron chi connectivity index (χ1n) is 5.57. The summed E-state index contributed by atoms with van der Waals surface area (Å²) in [4.78, 5) is 12.0. The van der Waals surface area contributed by atoms with Crippen molar-refractivity contribution in [2.45, 2.75) is 31.8 Å². The van der Waals surface area contributed by atoms with Crippen LogP contribution in [-0.4, -0.2) is 11.9 Å². The molecular formula is C14H18N2O. The van der Waals surface area contributed by atoms with E-state index in [-0.39, 0.29) is 11.9 Å². The van der Waals surface area contributed by atoms with Gasteiger partial charge in [-0.05, 0) is 19.4 Å². The maximum atomic E-state index is 12.0. The Kier molecular flexibility index (Phi) is 4.30. The molecule has 90 valence electrons. The van der Waals surface area contributed by atoms with E-state index in [1.165, 1.54) is 0 Å². The molecule has 3 nitrogen and oxygen atoms in total. The van der Waals surface area contributed by atoms with Gasteiger partial charge in [0.1, 0.15) is 5.54 Å². The molecule has 1 amide bonds. The lowest BCUT2D eigenvalue weighted by molar-refractivity contribution is -0.126. The molecule has 0 aromatic heterocycles. The maximum absolute atomic E-state index is 12.0. The van der Waals surface area contributed by atoms with E-state index in [1.54, 1.807) is 6.92 Å². The summed E-state index contributed by atoms with van der Waals surface area (Å²) in [6.07, 6.45) is 5.69. The molecule has 1 aromatic rings. The number of carbonyl (C=O) groups excluding carboxylic acids is 1. The number of rotatable bonds is 4. The molecule has 2 atom stereocenters. The lowest BCUT2D eigenvalue weighted by Crippen LogP contribution is -2.51. The van der Waals surface area contributed by atoms with Crippen LogP contribution in [0.1, 0.15) is 25.8 Å². The SMILES string of the molecule is C#CCC(C)NC(=O)C(C)(N)c1ccccc1. The van der Waals surface area contributed by atoms with Crippen LogP contribution in [0.3, 0.4) is 0 Å². The molecule has 1 rings (SSSR count). The molecule has 3 heteroatoms. The summed E-state index contributed by atoms with van der Waals surface area (Å²) in [5, 5.41) is 2.81. The fourth-order valence-electron chi connectivity index (χ4n) is 1.52. The number of hydrogen-bond acceptors (Lipinski definition) is 2. The van der Waals surface area contributed by atoms with Gasteiger partial charge in [0.05, 0.1) is 0 Å². The molecule has 0 saturated heterocycles. The minimum atomic E-state index is -1.04. The molecule has 0 aliphatic carbocycles. The molecule has 0 fully saturated rings. The van der Waals surface area contributed by atoms with Crippen molar-refractivity contribution in [3.05, 3.63) is 35.9 Å². The summed E-state index contributed by atoms with van der Waals surface area (Å²) in [7, 11) is 0. The summed E-state index contributed by atoms with van der Waals surface area (Å²) in [5.74, 6) is 2.29. The lowest BCUT2D eigenvalue weighted by atomic mass is 9.92. The molecule has 0 spiro atoms. The van der Waals surface area contributed by atoms with E-state index in [1.807, 2.05) is 37.3 Å². The zero-order chi connectivity index (χ0) is 12.9. The number of benzene rings is 1. The highest BCUT2D eigenvalue weighted by molar-refractivity contribution is 5.87. The van der Waals surface area contributed by atoms with Gasteiger partial charge < -0.3 is 11.1 Å². The van der Waals surface area contributed by atoms with Crippen molar-refractivity contribution in [2.24, 2.45) is 5.73 Å². The van der Waals surface area contributed by atoms with Crippen molar-refractivity contribution in [3.63, 3.8) is 0 Å². The standard InChI is InChI=1S/C14H18N2O/c1-4-8-11(2)16-13(17)14(3,15)12-9-6-5-7-10-12/h1,5-7,9-11H,8,15H2,2-3H3,(H,16,17). The van der Waals surface area contributed by atoms with E-state index in [9.17, 15) is 4.79 Å². The predicted octanol–water partition coefficient (Wildman–Crippen LogP) is 1.39. The Morgan fingerprint density at radius 2 is 2.12 bits per heavy atom. The zero-order valence-electron chi connectivity index (χ0n) is 10.2. The van der Waals surface area contributed by atoms with Gasteiger partial charge in [0, 0.05) is 12.5 Å². The minimum absolute atomic E-state index is 0.0703. The molecule has 0 radical (unpaired) electrons. The number of amides is 1. The highest BCUT2D eigenvalue weighted by Gasteiger charge is 2.30. The first kappa shape index (κ1) is 13.3. The normalized spacial score (nSPS) is 15.4. The lowest BCUT2D eigenvalue weighted by Gasteiger charge is -2.25. The Hall–Kier alpha value is -1.79. The largest absolute Gasteiger partial charge is 0.351 e. The molecule has 17 heavy (non-hydrogen) atoms. The number of carbonyl (C=O) groups is 1. The highest BCUT2D eigenvalue weighted by Crippen LogP contribution is 2.17. The third-order valence-electron chi connectivity index (χ3n) is 2.65. The number of nitrogens with one attached hydrogen (secondary N) is 1. The monoisotopic (exact) mass is 230 g/mol. The maximum Gasteiger partial charge on any atom is 0.244 e. The predicted molar refractivity (Wildman–Crippen MR) is 69.0 cm³/mol. The van der Waals surface area contributed by atoms with Crippen molar-refractivity contribution < 1.29 is 4.79 Å². The Morgan fingerprint density at radius 3 is 2.65 bits per heavy atom.